The maximum Gasteiger partial charge on any atom is 0.266 e. The Labute approximate surface area is 379 Å². The molecule has 2 amide bonds. The Morgan fingerprint density at radius 2 is 0.949 bits per heavy atom. The maximum atomic E-state index is 13.0. The van der Waals surface area contributed by atoms with Crippen molar-refractivity contribution in [1.29, 1.82) is 0 Å². The Balaban J connectivity index is 1.25. The first-order valence-electron chi connectivity index (χ1n) is 21.7. The summed E-state index contributed by atoms with van der Waals surface area (Å²) in [7, 11) is 0. The van der Waals surface area contributed by atoms with E-state index in [0.717, 1.165) is 22.6 Å². The predicted molar refractivity (Wildman–Crippen MR) is 266 cm³/mol. The number of likely N-dealkylation sites (N-methyl/N-ethyl adjacent to an activating group) is 2. The summed E-state index contributed by atoms with van der Waals surface area (Å²) in [6.45, 7) is 9.72. The lowest BCUT2D eigenvalue weighted by molar-refractivity contribution is -0.122. The summed E-state index contributed by atoms with van der Waals surface area (Å²) in [6.07, 6.45) is 21.6. The Morgan fingerprint density at radius 3 is 1.34 bits per heavy atom. The van der Waals surface area contributed by atoms with Crippen LogP contribution >= 0.6 is 70.6 Å². The number of hydrogen-bond donors (Lipinski definition) is 0. The fourth-order valence-electron chi connectivity index (χ4n) is 8.85. The van der Waals surface area contributed by atoms with Gasteiger partial charge in [0.25, 0.3) is 11.8 Å². The van der Waals surface area contributed by atoms with Gasteiger partial charge in [-0.25, -0.2) is 0 Å². The highest BCUT2D eigenvalue weighted by molar-refractivity contribution is 8.27. The zero-order valence-corrected chi connectivity index (χ0v) is 39.8. The average molecular weight is 897 g/mol. The Kier molecular flexibility index (Phi) is 15.2. The summed E-state index contributed by atoms with van der Waals surface area (Å²) in [5.41, 5.74) is 8.12. The molecule has 310 valence electrons. The SMILES string of the molecule is CCCCCCCCC1(CCCCCCCC)c2cc(-c3ccc(/C=C4\SC(=S)N(CC)C4=O)s3)ccc2-c2ccc(-c3ccc(/C=C4\SC(=S)N(CC)C4=O)s3)cc21. The summed E-state index contributed by atoms with van der Waals surface area (Å²) in [6, 6.07) is 23.1. The molecular weight excluding hydrogens is 841 g/mol. The van der Waals surface area contributed by atoms with Gasteiger partial charge in [0.1, 0.15) is 8.64 Å². The summed E-state index contributed by atoms with van der Waals surface area (Å²) >= 11 is 17.3. The van der Waals surface area contributed by atoms with Crippen LogP contribution in [0.4, 0.5) is 0 Å². The standard InChI is InChI=1S/C49H56N2O2S6/c1-5-9-11-13-15-17-27-49(28-18-16-14-12-10-6-2)39-29-33(41-25-21-35(56-41)31-43-45(52)50(7-3)47(54)58-43)19-23-37(39)38-24-20-34(30-40(38)49)42-26-22-36(57-42)32-44-46(53)51(8-4)48(55)59-44/h19-26,29-32H,5-18,27-28H2,1-4H3/b43-31-,44-32-. The smallest absolute Gasteiger partial charge is 0.266 e. The van der Waals surface area contributed by atoms with E-state index >= 15 is 0 Å². The van der Waals surface area contributed by atoms with Crippen molar-refractivity contribution in [2.45, 2.75) is 123 Å². The molecule has 0 unspecified atom stereocenters. The maximum absolute atomic E-state index is 13.0. The zero-order chi connectivity index (χ0) is 41.5. The number of rotatable bonds is 20. The van der Waals surface area contributed by atoms with Gasteiger partial charge in [-0.3, -0.25) is 19.4 Å². The lowest BCUT2D eigenvalue weighted by Gasteiger charge is -2.33. The first-order chi connectivity index (χ1) is 28.7. The summed E-state index contributed by atoms with van der Waals surface area (Å²) < 4.78 is 1.28. The molecule has 4 heterocycles. The molecule has 59 heavy (non-hydrogen) atoms. The molecule has 7 rings (SSSR count). The van der Waals surface area contributed by atoms with Gasteiger partial charge in [-0.05, 0) is 109 Å². The normalized spacial score (nSPS) is 17.4. The van der Waals surface area contributed by atoms with E-state index in [9.17, 15) is 9.59 Å². The number of benzene rings is 2. The summed E-state index contributed by atoms with van der Waals surface area (Å²) in [5.74, 6) is 0.0147. The van der Waals surface area contributed by atoms with Gasteiger partial charge >= 0.3 is 0 Å². The van der Waals surface area contributed by atoms with Crippen LogP contribution in [0.2, 0.25) is 0 Å². The number of hydrogen-bond acceptors (Lipinski definition) is 8. The number of thioether (sulfide) groups is 2. The lowest BCUT2D eigenvalue weighted by Crippen LogP contribution is -2.27. The minimum Gasteiger partial charge on any atom is -0.293 e. The van der Waals surface area contributed by atoms with E-state index in [4.69, 9.17) is 24.4 Å². The molecule has 0 spiro atoms. The van der Waals surface area contributed by atoms with Crippen molar-refractivity contribution in [3.8, 4) is 32.0 Å². The van der Waals surface area contributed by atoms with Crippen molar-refractivity contribution in [3.63, 3.8) is 0 Å². The van der Waals surface area contributed by atoms with E-state index in [-0.39, 0.29) is 17.2 Å². The summed E-state index contributed by atoms with van der Waals surface area (Å²) in [5, 5.41) is 0. The molecule has 0 radical (unpaired) electrons. The molecule has 2 aliphatic heterocycles. The quantitative estimate of drug-likeness (QED) is 0.0500. The minimum atomic E-state index is -0.0746. The van der Waals surface area contributed by atoms with Crippen molar-refractivity contribution in [2.75, 3.05) is 13.1 Å². The van der Waals surface area contributed by atoms with Gasteiger partial charge in [-0.15, -0.1) is 22.7 Å². The van der Waals surface area contributed by atoms with Crippen LogP contribution in [0.5, 0.6) is 0 Å². The third-order valence-corrected chi connectivity index (χ3v) is 16.9. The molecular formula is C49H56N2O2S6. The van der Waals surface area contributed by atoms with E-state index < -0.39 is 0 Å². The third kappa shape index (κ3) is 9.63. The van der Waals surface area contributed by atoms with E-state index in [0.29, 0.717) is 31.5 Å². The number of carbonyl (C=O) groups excluding carboxylic acids is 2. The van der Waals surface area contributed by atoms with E-state index in [1.807, 2.05) is 26.0 Å². The highest BCUT2D eigenvalue weighted by Gasteiger charge is 2.43. The first kappa shape index (κ1) is 44.2. The van der Waals surface area contributed by atoms with Crippen molar-refractivity contribution in [2.24, 2.45) is 0 Å². The number of unbranched alkanes of at least 4 members (excludes halogenated alkanes) is 10. The highest BCUT2D eigenvalue weighted by atomic mass is 32.2. The van der Waals surface area contributed by atoms with E-state index in [2.05, 4.69) is 74.5 Å². The number of amides is 2. The Hall–Kier alpha value is -2.86. The topological polar surface area (TPSA) is 40.6 Å². The van der Waals surface area contributed by atoms with E-state index in [1.54, 1.807) is 32.5 Å². The largest absolute Gasteiger partial charge is 0.293 e. The number of thiocarbonyl (C=S) groups is 2. The molecule has 0 bridgehead atoms. The molecule has 2 aromatic carbocycles. The van der Waals surface area contributed by atoms with Crippen molar-refractivity contribution >= 4 is 103 Å². The molecule has 2 aromatic heterocycles. The molecule has 10 heteroatoms. The number of carbonyl (C=O) groups is 2. The fraction of sp³-hybridized carbons (Fsp3) is 0.429. The monoisotopic (exact) mass is 896 g/mol. The van der Waals surface area contributed by atoms with Gasteiger partial charge < -0.3 is 0 Å². The first-order valence-corrected chi connectivity index (χ1v) is 25.8. The van der Waals surface area contributed by atoms with Crippen molar-refractivity contribution in [3.05, 3.63) is 91.4 Å². The van der Waals surface area contributed by atoms with Crippen LogP contribution in [0.3, 0.4) is 0 Å². The van der Waals surface area contributed by atoms with Gasteiger partial charge in [0.05, 0.1) is 9.81 Å². The van der Waals surface area contributed by atoms with Crippen LogP contribution in [0, 0.1) is 0 Å². The average Bonchev–Trinajstić information content (AvgIpc) is 4.06. The predicted octanol–water partition coefficient (Wildman–Crippen LogP) is 15.4. The zero-order valence-electron chi connectivity index (χ0n) is 34.9. The Bertz CT molecular complexity index is 2100. The van der Waals surface area contributed by atoms with Crippen LogP contribution in [0.1, 0.15) is 138 Å². The van der Waals surface area contributed by atoms with Crippen LogP contribution in [-0.4, -0.2) is 43.3 Å². The minimum absolute atomic E-state index is 0.00737. The van der Waals surface area contributed by atoms with Crippen LogP contribution in [0.25, 0.3) is 44.2 Å². The van der Waals surface area contributed by atoms with Crippen molar-refractivity contribution in [1.82, 2.24) is 9.80 Å². The summed E-state index contributed by atoms with van der Waals surface area (Å²) in [4.78, 5) is 35.4. The molecule has 0 saturated carbocycles. The number of fused-ring (bicyclic) bond motifs is 3. The van der Waals surface area contributed by atoms with Gasteiger partial charge in [-0.1, -0.05) is 163 Å². The van der Waals surface area contributed by atoms with Gasteiger partial charge in [0.15, 0.2) is 0 Å². The molecule has 0 N–H and O–H groups in total. The molecule has 4 aromatic rings. The molecule has 0 atom stereocenters. The molecule has 2 fully saturated rings. The second-order valence-electron chi connectivity index (χ2n) is 15.9. The highest BCUT2D eigenvalue weighted by Crippen LogP contribution is 2.56. The fourth-order valence-corrected chi connectivity index (χ4v) is 13.6. The third-order valence-electron chi connectivity index (χ3n) is 12.0. The second-order valence-corrected chi connectivity index (χ2v) is 21.5. The van der Waals surface area contributed by atoms with Crippen molar-refractivity contribution < 1.29 is 9.59 Å². The van der Waals surface area contributed by atoms with Crippen LogP contribution in [-0.2, 0) is 15.0 Å². The lowest BCUT2D eigenvalue weighted by atomic mass is 9.70. The number of nitrogens with zero attached hydrogens (tertiary/aromatic N) is 2. The van der Waals surface area contributed by atoms with Gasteiger partial charge in [-0.2, -0.15) is 0 Å². The van der Waals surface area contributed by atoms with Crippen LogP contribution in [0.15, 0.2) is 70.5 Å². The van der Waals surface area contributed by atoms with Gasteiger partial charge in [0, 0.05) is 38.0 Å². The van der Waals surface area contributed by atoms with Crippen LogP contribution < -0.4 is 0 Å². The molecule has 4 nitrogen and oxygen atoms in total. The molecule has 2 saturated heterocycles. The molecule has 3 aliphatic rings. The Morgan fingerprint density at radius 1 is 0.542 bits per heavy atom. The van der Waals surface area contributed by atoms with E-state index in [1.165, 1.54) is 144 Å². The number of thiophene rings is 2. The van der Waals surface area contributed by atoms with Gasteiger partial charge in [0.2, 0.25) is 0 Å². The molecule has 1 aliphatic carbocycles. The second kappa shape index (κ2) is 20.3.